The van der Waals surface area contributed by atoms with E-state index in [1.165, 1.54) is 30.9 Å². The lowest BCUT2D eigenvalue weighted by molar-refractivity contribution is 0.252. The highest BCUT2D eigenvalue weighted by atomic mass is 19.1. The molecule has 0 aliphatic carbocycles. The van der Waals surface area contributed by atoms with Crippen molar-refractivity contribution in [3.8, 4) is 23.0 Å². The fraction of sp³-hybridized carbons (Fsp3) is 0.0455. The van der Waals surface area contributed by atoms with Gasteiger partial charge in [0.25, 0.3) is 0 Å². The second-order valence-electron chi connectivity index (χ2n) is 6.57. The minimum Gasteiger partial charge on any atom is -0.454 e. The number of aromatic nitrogens is 4. The summed E-state index contributed by atoms with van der Waals surface area (Å²) in [6.07, 6.45) is 4.45. The zero-order valence-electron chi connectivity index (χ0n) is 16.9. The van der Waals surface area contributed by atoms with Crippen LogP contribution in [0.15, 0.2) is 78.3 Å². The maximum atomic E-state index is 14.5. The van der Waals surface area contributed by atoms with Crippen LogP contribution in [0.4, 0.5) is 14.9 Å². The molecule has 160 valence electrons. The van der Waals surface area contributed by atoms with Gasteiger partial charge in [-0.3, -0.25) is 4.98 Å². The quantitative estimate of drug-likeness (QED) is 0.355. The van der Waals surface area contributed by atoms with Crippen LogP contribution in [0.1, 0.15) is 5.56 Å². The van der Waals surface area contributed by atoms with Crippen molar-refractivity contribution in [2.45, 2.75) is 0 Å². The van der Waals surface area contributed by atoms with Crippen molar-refractivity contribution >= 4 is 17.9 Å². The molecule has 2 heterocycles. The Morgan fingerprint density at radius 3 is 2.72 bits per heavy atom. The van der Waals surface area contributed by atoms with Crippen LogP contribution in [0.25, 0.3) is 11.5 Å². The summed E-state index contributed by atoms with van der Waals surface area (Å²) in [6, 6.07) is 16.0. The molecular weight excluding hydrogens is 413 g/mol. The summed E-state index contributed by atoms with van der Waals surface area (Å²) in [5.41, 5.74) is 3.94. The largest absolute Gasteiger partial charge is 0.454 e. The number of hydrazone groups is 1. The van der Waals surface area contributed by atoms with Crippen LogP contribution in [-0.4, -0.2) is 32.0 Å². The molecule has 0 atom stereocenters. The van der Waals surface area contributed by atoms with Crippen LogP contribution in [0.2, 0.25) is 0 Å². The molecule has 2 aromatic carbocycles. The molecule has 0 aliphatic rings. The number of carbonyl (C=O) groups is 1. The van der Waals surface area contributed by atoms with Gasteiger partial charge in [0.1, 0.15) is 17.8 Å². The van der Waals surface area contributed by atoms with E-state index in [2.05, 4.69) is 30.9 Å². The third-order valence-corrected chi connectivity index (χ3v) is 4.27. The molecule has 2 aromatic heterocycles. The summed E-state index contributed by atoms with van der Waals surface area (Å²) in [6.45, 7) is 0. The molecule has 2 N–H and O–H groups in total. The molecule has 0 saturated heterocycles. The summed E-state index contributed by atoms with van der Waals surface area (Å²) in [7, 11) is 1.74. The minimum atomic E-state index is -0.646. The zero-order chi connectivity index (χ0) is 22.3. The van der Waals surface area contributed by atoms with Crippen molar-refractivity contribution in [3.05, 3.63) is 84.6 Å². The van der Waals surface area contributed by atoms with Gasteiger partial charge >= 0.3 is 6.03 Å². The number of benzene rings is 2. The normalized spacial score (nSPS) is 10.8. The van der Waals surface area contributed by atoms with Gasteiger partial charge in [0.05, 0.1) is 6.21 Å². The van der Waals surface area contributed by atoms with Crippen LogP contribution < -0.4 is 15.5 Å². The molecule has 32 heavy (non-hydrogen) atoms. The number of halogens is 1. The minimum absolute atomic E-state index is 0.00632. The summed E-state index contributed by atoms with van der Waals surface area (Å²) < 4.78 is 21.7. The molecule has 0 bridgehead atoms. The van der Waals surface area contributed by atoms with E-state index in [4.69, 9.17) is 4.74 Å². The molecule has 0 saturated carbocycles. The Balaban J connectivity index is 1.39. The number of nitrogens with one attached hydrogen (secondary N) is 2. The molecule has 4 aromatic rings. The van der Waals surface area contributed by atoms with E-state index in [9.17, 15) is 9.18 Å². The van der Waals surface area contributed by atoms with Gasteiger partial charge in [0, 0.05) is 31.1 Å². The predicted octanol–water partition coefficient (Wildman–Crippen LogP) is 3.96. The fourth-order valence-electron chi connectivity index (χ4n) is 2.78. The lowest BCUT2D eigenvalue weighted by atomic mass is 10.2. The van der Waals surface area contributed by atoms with Crippen molar-refractivity contribution < 1.29 is 13.9 Å². The van der Waals surface area contributed by atoms with E-state index in [1.54, 1.807) is 23.9 Å². The SMILES string of the molecule is Cn1ncnc1-c1cc(Oc2ccc(NC(=O)N/N=C/c3ccccc3)cc2F)ccn1. The molecule has 9 nitrogen and oxygen atoms in total. The molecule has 0 aliphatic heterocycles. The molecule has 10 heteroatoms. The van der Waals surface area contributed by atoms with Gasteiger partial charge in [-0.2, -0.15) is 10.2 Å². The van der Waals surface area contributed by atoms with Gasteiger partial charge in [-0.25, -0.2) is 24.3 Å². The maximum absolute atomic E-state index is 14.5. The van der Waals surface area contributed by atoms with E-state index < -0.39 is 11.8 Å². The smallest absolute Gasteiger partial charge is 0.339 e. The number of hydrogen-bond donors (Lipinski definition) is 2. The Morgan fingerprint density at radius 1 is 1.12 bits per heavy atom. The van der Waals surface area contributed by atoms with Crippen molar-refractivity contribution in [2.24, 2.45) is 12.1 Å². The Morgan fingerprint density at radius 2 is 1.97 bits per heavy atom. The van der Waals surface area contributed by atoms with Gasteiger partial charge in [-0.15, -0.1) is 0 Å². The second-order valence-corrected chi connectivity index (χ2v) is 6.57. The van der Waals surface area contributed by atoms with Gasteiger partial charge in [0.2, 0.25) is 0 Å². The molecule has 0 unspecified atom stereocenters. The number of amides is 2. The molecule has 0 fully saturated rings. The lowest BCUT2D eigenvalue weighted by Crippen LogP contribution is -2.24. The van der Waals surface area contributed by atoms with Crippen molar-refractivity contribution in [2.75, 3.05) is 5.32 Å². The van der Waals surface area contributed by atoms with Gasteiger partial charge < -0.3 is 10.1 Å². The monoisotopic (exact) mass is 431 g/mol. The number of carbonyl (C=O) groups excluding carboxylic acids is 1. The predicted molar refractivity (Wildman–Crippen MR) is 117 cm³/mol. The van der Waals surface area contributed by atoms with Gasteiger partial charge in [-0.05, 0) is 23.8 Å². The standard InChI is InChI=1S/C22H18FN7O2/c1-30-21(25-14-27-30)19-12-17(9-10-24-19)32-20-8-7-16(11-18(20)23)28-22(31)29-26-13-15-5-3-2-4-6-15/h2-14H,1H3,(H2,28,29,31)/b26-13+. The molecule has 0 spiro atoms. The van der Waals surface area contributed by atoms with E-state index >= 15 is 0 Å². The summed E-state index contributed by atoms with van der Waals surface area (Å²) in [5.74, 6) is 0.280. The number of nitrogens with zero attached hydrogens (tertiary/aromatic N) is 5. The number of aryl methyl sites for hydroxylation is 1. The third-order valence-electron chi connectivity index (χ3n) is 4.27. The first kappa shape index (κ1) is 20.7. The second kappa shape index (κ2) is 9.47. The number of pyridine rings is 1. The Hall–Kier alpha value is -4.60. The van der Waals surface area contributed by atoms with Crippen molar-refractivity contribution in [1.29, 1.82) is 0 Å². The number of rotatable bonds is 6. The Labute approximate surface area is 182 Å². The first-order chi connectivity index (χ1) is 15.6. The first-order valence-corrected chi connectivity index (χ1v) is 9.51. The Kier molecular flexibility index (Phi) is 6.12. The average Bonchev–Trinajstić information content (AvgIpc) is 3.22. The van der Waals surface area contributed by atoms with Crippen LogP contribution in [0, 0.1) is 5.82 Å². The summed E-state index contributed by atoms with van der Waals surface area (Å²) in [4.78, 5) is 20.3. The third kappa shape index (κ3) is 5.11. The van der Waals surface area contributed by atoms with E-state index in [0.717, 1.165) is 11.6 Å². The molecular formula is C22H18FN7O2. The van der Waals surface area contributed by atoms with E-state index in [-0.39, 0.29) is 11.4 Å². The first-order valence-electron chi connectivity index (χ1n) is 9.51. The van der Waals surface area contributed by atoms with Crippen LogP contribution in [0.5, 0.6) is 11.5 Å². The molecule has 4 rings (SSSR count). The fourth-order valence-corrected chi connectivity index (χ4v) is 2.78. The highest BCUT2D eigenvalue weighted by Gasteiger charge is 2.11. The molecule has 2 amide bonds. The Bertz CT molecular complexity index is 1260. The summed E-state index contributed by atoms with van der Waals surface area (Å²) in [5, 5.41) is 10.4. The highest BCUT2D eigenvalue weighted by molar-refractivity contribution is 5.90. The number of ether oxygens (including phenoxy) is 1. The topological polar surface area (TPSA) is 106 Å². The summed E-state index contributed by atoms with van der Waals surface area (Å²) >= 11 is 0. The highest BCUT2D eigenvalue weighted by Crippen LogP contribution is 2.28. The zero-order valence-corrected chi connectivity index (χ0v) is 16.9. The number of hydrogen-bond acceptors (Lipinski definition) is 6. The average molecular weight is 431 g/mol. The lowest BCUT2D eigenvalue weighted by Gasteiger charge is -2.10. The van der Waals surface area contributed by atoms with Crippen molar-refractivity contribution in [1.82, 2.24) is 25.2 Å². The van der Waals surface area contributed by atoms with Crippen LogP contribution in [-0.2, 0) is 7.05 Å². The van der Waals surface area contributed by atoms with Crippen LogP contribution >= 0.6 is 0 Å². The number of anilines is 1. The number of urea groups is 1. The van der Waals surface area contributed by atoms with Gasteiger partial charge in [-0.1, -0.05) is 30.3 Å². The van der Waals surface area contributed by atoms with Crippen molar-refractivity contribution in [3.63, 3.8) is 0 Å². The van der Waals surface area contributed by atoms with Crippen LogP contribution in [0.3, 0.4) is 0 Å². The van der Waals surface area contributed by atoms with E-state index in [1.807, 2.05) is 30.3 Å². The molecule has 0 radical (unpaired) electrons. The van der Waals surface area contributed by atoms with E-state index in [0.29, 0.717) is 17.3 Å². The van der Waals surface area contributed by atoms with Gasteiger partial charge in [0.15, 0.2) is 17.4 Å². The maximum Gasteiger partial charge on any atom is 0.339 e.